The molecular formula is C16H18N4OS. The lowest BCUT2D eigenvalue weighted by molar-refractivity contribution is 0.0761. The Hall–Kier alpha value is -2.05. The second kappa shape index (κ2) is 6.81. The minimum Gasteiger partial charge on any atom is -0.372 e. The maximum Gasteiger partial charge on any atom is 0.158 e. The Labute approximate surface area is 133 Å². The van der Waals surface area contributed by atoms with E-state index in [-0.39, 0.29) is 6.10 Å². The first kappa shape index (κ1) is 14.9. The Kier molecular flexibility index (Phi) is 4.60. The summed E-state index contributed by atoms with van der Waals surface area (Å²) < 4.78 is 7.65. The summed E-state index contributed by atoms with van der Waals surface area (Å²) in [5.74, 6) is 0.855. The number of pyridine rings is 1. The largest absolute Gasteiger partial charge is 0.372 e. The summed E-state index contributed by atoms with van der Waals surface area (Å²) in [5.41, 5.74) is 1.88. The third-order valence-electron chi connectivity index (χ3n) is 3.28. The molecule has 3 rings (SSSR count). The SMILES string of the molecule is CCOC(C)c1nc(Cn2ccnc2-c2ccccn2)cs1. The van der Waals surface area contributed by atoms with Gasteiger partial charge < -0.3 is 9.30 Å². The summed E-state index contributed by atoms with van der Waals surface area (Å²) in [6.45, 7) is 5.40. The molecule has 0 amide bonds. The monoisotopic (exact) mass is 314 g/mol. The Morgan fingerprint density at radius 3 is 2.95 bits per heavy atom. The van der Waals surface area contributed by atoms with Crippen LogP contribution in [-0.4, -0.2) is 26.1 Å². The van der Waals surface area contributed by atoms with Gasteiger partial charge >= 0.3 is 0 Å². The van der Waals surface area contributed by atoms with Crippen molar-refractivity contribution in [2.75, 3.05) is 6.61 Å². The first-order chi connectivity index (χ1) is 10.8. The molecule has 5 nitrogen and oxygen atoms in total. The van der Waals surface area contributed by atoms with Gasteiger partial charge in [0.25, 0.3) is 0 Å². The zero-order valence-electron chi connectivity index (χ0n) is 12.6. The molecule has 0 aliphatic carbocycles. The zero-order chi connectivity index (χ0) is 15.4. The van der Waals surface area contributed by atoms with Gasteiger partial charge in [-0.3, -0.25) is 4.98 Å². The van der Waals surface area contributed by atoms with Crippen molar-refractivity contribution >= 4 is 11.3 Å². The fourth-order valence-electron chi connectivity index (χ4n) is 2.24. The van der Waals surface area contributed by atoms with Crippen LogP contribution in [0.4, 0.5) is 0 Å². The fraction of sp³-hybridized carbons (Fsp3) is 0.312. The van der Waals surface area contributed by atoms with Crippen molar-refractivity contribution in [1.29, 1.82) is 0 Å². The second-order valence-electron chi connectivity index (χ2n) is 4.87. The number of ether oxygens (including phenoxy) is 1. The summed E-state index contributed by atoms with van der Waals surface area (Å²) in [5, 5.41) is 3.09. The average molecular weight is 314 g/mol. The van der Waals surface area contributed by atoms with E-state index < -0.39 is 0 Å². The summed E-state index contributed by atoms with van der Waals surface area (Å²) in [6, 6.07) is 5.83. The van der Waals surface area contributed by atoms with Crippen LogP contribution in [0.25, 0.3) is 11.5 Å². The van der Waals surface area contributed by atoms with E-state index in [0.717, 1.165) is 22.2 Å². The molecule has 3 heterocycles. The molecule has 0 radical (unpaired) electrons. The first-order valence-corrected chi connectivity index (χ1v) is 8.14. The molecule has 3 aromatic heterocycles. The third kappa shape index (κ3) is 3.23. The van der Waals surface area contributed by atoms with Crippen molar-refractivity contribution in [1.82, 2.24) is 19.5 Å². The van der Waals surface area contributed by atoms with Gasteiger partial charge in [0.2, 0.25) is 0 Å². The van der Waals surface area contributed by atoms with Gasteiger partial charge in [0, 0.05) is 30.6 Å². The second-order valence-corrected chi connectivity index (χ2v) is 5.76. The summed E-state index contributed by atoms with van der Waals surface area (Å²) >= 11 is 1.64. The van der Waals surface area contributed by atoms with Crippen LogP contribution in [0.2, 0.25) is 0 Å². The molecule has 1 atom stereocenters. The molecule has 0 spiro atoms. The number of rotatable bonds is 6. The number of aromatic nitrogens is 4. The number of thiazole rings is 1. The van der Waals surface area contributed by atoms with Gasteiger partial charge in [-0.1, -0.05) is 6.07 Å². The van der Waals surface area contributed by atoms with Crippen molar-refractivity contribution in [2.24, 2.45) is 0 Å². The highest BCUT2D eigenvalue weighted by Crippen LogP contribution is 2.22. The fourth-order valence-corrected chi connectivity index (χ4v) is 3.06. The van der Waals surface area contributed by atoms with E-state index in [0.29, 0.717) is 13.2 Å². The Bertz CT molecular complexity index is 723. The summed E-state index contributed by atoms with van der Waals surface area (Å²) in [7, 11) is 0. The van der Waals surface area contributed by atoms with E-state index in [9.17, 15) is 0 Å². The Balaban J connectivity index is 1.79. The van der Waals surface area contributed by atoms with Crippen LogP contribution in [0.1, 0.15) is 30.7 Å². The van der Waals surface area contributed by atoms with Crippen LogP contribution >= 0.6 is 11.3 Å². The molecule has 0 saturated carbocycles. The number of hydrogen-bond acceptors (Lipinski definition) is 5. The maximum atomic E-state index is 5.59. The molecule has 0 fully saturated rings. The van der Waals surface area contributed by atoms with Crippen molar-refractivity contribution < 1.29 is 4.74 Å². The van der Waals surface area contributed by atoms with E-state index in [4.69, 9.17) is 4.74 Å². The molecule has 0 aliphatic heterocycles. The molecule has 22 heavy (non-hydrogen) atoms. The van der Waals surface area contributed by atoms with E-state index in [1.807, 2.05) is 38.2 Å². The topological polar surface area (TPSA) is 52.8 Å². The molecular weight excluding hydrogens is 296 g/mol. The molecule has 0 aliphatic rings. The van der Waals surface area contributed by atoms with Crippen LogP contribution in [0, 0.1) is 0 Å². The number of nitrogens with zero attached hydrogens (tertiary/aromatic N) is 4. The minimum absolute atomic E-state index is 0.0433. The normalized spacial score (nSPS) is 12.5. The van der Waals surface area contributed by atoms with Gasteiger partial charge in [-0.05, 0) is 26.0 Å². The van der Waals surface area contributed by atoms with Crippen LogP contribution in [0.5, 0.6) is 0 Å². The van der Waals surface area contributed by atoms with Gasteiger partial charge in [0.05, 0.1) is 12.2 Å². The molecule has 1 unspecified atom stereocenters. The maximum absolute atomic E-state index is 5.59. The van der Waals surface area contributed by atoms with Crippen molar-refractivity contribution in [2.45, 2.75) is 26.5 Å². The zero-order valence-corrected chi connectivity index (χ0v) is 13.5. The highest BCUT2D eigenvalue weighted by molar-refractivity contribution is 7.09. The van der Waals surface area contributed by atoms with Crippen molar-refractivity contribution in [3.63, 3.8) is 0 Å². The average Bonchev–Trinajstić information content (AvgIpc) is 3.18. The predicted octanol–water partition coefficient (Wildman–Crippen LogP) is 3.55. The lowest BCUT2D eigenvalue weighted by Crippen LogP contribution is -2.03. The molecule has 114 valence electrons. The lowest BCUT2D eigenvalue weighted by Gasteiger charge is -2.07. The standard InChI is InChI=1S/C16H18N4OS/c1-3-21-12(2)16-19-13(11-22-16)10-20-9-8-18-15(20)14-6-4-5-7-17-14/h4-9,11-12H,3,10H2,1-2H3. The van der Waals surface area contributed by atoms with E-state index in [1.54, 1.807) is 23.7 Å². The lowest BCUT2D eigenvalue weighted by atomic mass is 10.3. The van der Waals surface area contributed by atoms with Crippen LogP contribution in [-0.2, 0) is 11.3 Å². The third-order valence-corrected chi connectivity index (χ3v) is 4.33. The van der Waals surface area contributed by atoms with Crippen molar-refractivity contribution in [3.05, 3.63) is 52.9 Å². The number of imidazole rings is 1. The van der Waals surface area contributed by atoms with E-state index in [2.05, 4.69) is 24.9 Å². The molecule has 0 saturated heterocycles. The van der Waals surface area contributed by atoms with Crippen LogP contribution in [0.3, 0.4) is 0 Å². The molecule has 0 bridgehead atoms. The molecule has 0 N–H and O–H groups in total. The van der Waals surface area contributed by atoms with E-state index in [1.165, 1.54) is 0 Å². The Morgan fingerprint density at radius 1 is 1.27 bits per heavy atom. The quantitative estimate of drug-likeness (QED) is 0.698. The van der Waals surface area contributed by atoms with Gasteiger partial charge in [-0.15, -0.1) is 11.3 Å². The first-order valence-electron chi connectivity index (χ1n) is 7.26. The minimum atomic E-state index is 0.0433. The number of hydrogen-bond donors (Lipinski definition) is 0. The van der Waals surface area contributed by atoms with Gasteiger partial charge in [-0.25, -0.2) is 9.97 Å². The van der Waals surface area contributed by atoms with Crippen molar-refractivity contribution in [3.8, 4) is 11.5 Å². The molecule has 3 aromatic rings. The summed E-state index contributed by atoms with van der Waals surface area (Å²) in [4.78, 5) is 13.4. The highest BCUT2D eigenvalue weighted by atomic mass is 32.1. The Morgan fingerprint density at radius 2 is 2.18 bits per heavy atom. The van der Waals surface area contributed by atoms with Crippen LogP contribution in [0.15, 0.2) is 42.2 Å². The molecule has 0 aromatic carbocycles. The van der Waals surface area contributed by atoms with Gasteiger partial charge in [0.1, 0.15) is 16.8 Å². The van der Waals surface area contributed by atoms with Gasteiger partial charge in [0.15, 0.2) is 5.82 Å². The van der Waals surface area contributed by atoms with E-state index >= 15 is 0 Å². The summed E-state index contributed by atoms with van der Waals surface area (Å²) in [6.07, 6.45) is 5.57. The smallest absolute Gasteiger partial charge is 0.158 e. The molecule has 6 heteroatoms. The van der Waals surface area contributed by atoms with Gasteiger partial charge in [-0.2, -0.15) is 0 Å². The highest BCUT2D eigenvalue weighted by Gasteiger charge is 2.12. The predicted molar refractivity (Wildman–Crippen MR) is 86.7 cm³/mol. The van der Waals surface area contributed by atoms with Crippen LogP contribution < -0.4 is 0 Å².